The summed E-state index contributed by atoms with van der Waals surface area (Å²) < 4.78 is 31.0. The molecule has 2 aromatic rings. The molecule has 106 valence electrons. The highest BCUT2D eigenvalue weighted by Gasteiger charge is 2.16. The van der Waals surface area contributed by atoms with Crippen LogP contribution in [0.4, 0.5) is 8.78 Å². The average Bonchev–Trinajstić information content (AvgIpc) is 2.91. The first-order valence-electron chi connectivity index (χ1n) is 6.24. The highest BCUT2D eigenvalue weighted by Crippen LogP contribution is 2.22. The molecule has 1 heterocycles. The maximum Gasteiger partial charge on any atom is 0.273 e. The molecule has 0 spiro atoms. The lowest BCUT2D eigenvalue weighted by molar-refractivity contribution is 0.0930. The predicted octanol–water partition coefficient (Wildman–Crippen LogP) is 3.15. The van der Waals surface area contributed by atoms with E-state index in [1.165, 1.54) is 12.1 Å². The quantitative estimate of drug-likeness (QED) is 0.936. The summed E-state index contributed by atoms with van der Waals surface area (Å²) in [5.41, 5.74) is 0.420. The minimum Gasteiger partial charge on any atom is -0.355 e. The van der Waals surface area contributed by atoms with Gasteiger partial charge in [-0.3, -0.25) is 4.79 Å². The molecule has 0 saturated heterocycles. The molecule has 1 unspecified atom stereocenters. The van der Waals surface area contributed by atoms with Gasteiger partial charge in [0.1, 0.15) is 0 Å². The van der Waals surface area contributed by atoms with Crippen molar-refractivity contribution in [2.24, 2.45) is 0 Å². The molecule has 4 nitrogen and oxygen atoms in total. The summed E-state index contributed by atoms with van der Waals surface area (Å²) in [6.45, 7) is 3.81. The van der Waals surface area contributed by atoms with Gasteiger partial charge in [-0.25, -0.2) is 8.78 Å². The van der Waals surface area contributed by atoms with Gasteiger partial charge in [-0.1, -0.05) is 12.1 Å². The predicted molar refractivity (Wildman–Crippen MR) is 69.1 cm³/mol. The van der Waals surface area contributed by atoms with Crippen LogP contribution in [0.15, 0.2) is 28.8 Å². The third-order valence-electron chi connectivity index (χ3n) is 2.94. The molecule has 0 saturated carbocycles. The zero-order valence-electron chi connectivity index (χ0n) is 11.1. The van der Waals surface area contributed by atoms with E-state index in [-0.39, 0.29) is 23.4 Å². The van der Waals surface area contributed by atoms with E-state index in [2.05, 4.69) is 10.5 Å². The second-order valence-corrected chi connectivity index (χ2v) is 4.49. The first-order chi connectivity index (χ1) is 9.51. The standard InChI is InChI=1S/C14H14F2N2O2/c1-3-8(2)17-14(19)12-7-13(20-18-12)9-4-5-10(15)11(16)6-9/h4-8H,3H2,1-2H3,(H,17,19). The van der Waals surface area contributed by atoms with Gasteiger partial charge in [0.25, 0.3) is 5.91 Å². The van der Waals surface area contributed by atoms with Crippen molar-refractivity contribution in [1.82, 2.24) is 10.5 Å². The van der Waals surface area contributed by atoms with E-state index in [1.54, 1.807) is 0 Å². The Kier molecular flexibility index (Phi) is 4.12. The Bertz CT molecular complexity index is 625. The summed E-state index contributed by atoms with van der Waals surface area (Å²) in [6.07, 6.45) is 0.791. The van der Waals surface area contributed by atoms with Crippen LogP contribution in [0.2, 0.25) is 0 Å². The van der Waals surface area contributed by atoms with Gasteiger partial charge in [-0.15, -0.1) is 0 Å². The lowest BCUT2D eigenvalue weighted by Crippen LogP contribution is -2.32. The number of carbonyl (C=O) groups excluding carboxylic acids is 1. The van der Waals surface area contributed by atoms with E-state index in [0.29, 0.717) is 5.56 Å². The second kappa shape index (κ2) is 5.81. The van der Waals surface area contributed by atoms with Gasteiger partial charge >= 0.3 is 0 Å². The lowest BCUT2D eigenvalue weighted by Gasteiger charge is -2.08. The fourth-order valence-electron chi connectivity index (χ4n) is 1.57. The van der Waals surface area contributed by atoms with E-state index in [0.717, 1.165) is 18.6 Å². The van der Waals surface area contributed by atoms with Gasteiger partial charge in [-0.2, -0.15) is 0 Å². The summed E-state index contributed by atoms with van der Waals surface area (Å²) in [4.78, 5) is 11.8. The smallest absolute Gasteiger partial charge is 0.273 e. The fourth-order valence-corrected chi connectivity index (χ4v) is 1.57. The number of aromatic nitrogens is 1. The van der Waals surface area contributed by atoms with Crippen LogP contribution in [-0.4, -0.2) is 17.1 Å². The SMILES string of the molecule is CCC(C)NC(=O)c1cc(-c2ccc(F)c(F)c2)on1. The maximum absolute atomic E-state index is 13.1. The number of amides is 1. The molecule has 1 N–H and O–H groups in total. The highest BCUT2D eigenvalue weighted by atomic mass is 19.2. The van der Waals surface area contributed by atoms with Crippen LogP contribution >= 0.6 is 0 Å². The number of rotatable bonds is 4. The van der Waals surface area contributed by atoms with E-state index in [1.807, 2.05) is 13.8 Å². The second-order valence-electron chi connectivity index (χ2n) is 4.49. The van der Waals surface area contributed by atoms with Crippen LogP contribution in [0, 0.1) is 11.6 Å². The molecular weight excluding hydrogens is 266 g/mol. The minimum atomic E-state index is -0.982. The number of nitrogens with zero attached hydrogens (tertiary/aromatic N) is 1. The van der Waals surface area contributed by atoms with Gasteiger partial charge in [0.2, 0.25) is 0 Å². The molecule has 2 rings (SSSR count). The molecule has 1 amide bonds. The number of nitrogens with one attached hydrogen (secondary N) is 1. The van der Waals surface area contributed by atoms with Gasteiger partial charge in [0.05, 0.1) is 0 Å². The van der Waals surface area contributed by atoms with Crippen molar-refractivity contribution in [3.63, 3.8) is 0 Å². The van der Waals surface area contributed by atoms with Crippen molar-refractivity contribution in [2.45, 2.75) is 26.3 Å². The number of hydrogen-bond acceptors (Lipinski definition) is 3. The van der Waals surface area contributed by atoms with E-state index in [9.17, 15) is 13.6 Å². The monoisotopic (exact) mass is 280 g/mol. The number of hydrogen-bond donors (Lipinski definition) is 1. The molecule has 1 atom stereocenters. The van der Waals surface area contributed by atoms with Crippen molar-refractivity contribution < 1.29 is 18.1 Å². The van der Waals surface area contributed by atoms with Crippen LogP contribution in [0.3, 0.4) is 0 Å². The molecule has 0 fully saturated rings. The maximum atomic E-state index is 13.1. The zero-order valence-corrected chi connectivity index (χ0v) is 11.1. The van der Waals surface area contributed by atoms with Gasteiger partial charge in [0, 0.05) is 17.7 Å². The number of benzene rings is 1. The Labute approximate surface area is 114 Å². The molecule has 0 bridgehead atoms. The molecule has 0 radical (unpaired) electrons. The minimum absolute atomic E-state index is 0.0194. The third-order valence-corrected chi connectivity index (χ3v) is 2.94. The first kappa shape index (κ1) is 14.2. The Morgan fingerprint density at radius 2 is 2.10 bits per heavy atom. The average molecular weight is 280 g/mol. The van der Waals surface area contributed by atoms with E-state index < -0.39 is 11.6 Å². The van der Waals surface area contributed by atoms with E-state index >= 15 is 0 Å². The van der Waals surface area contributed by atoms with Crippen molar-refractivity contribution in [3.05, 3.63) is 41.6 Å². The molecule has 0 aliphatic rings. The summed E-state index contributed by atoms with van der Waals surface area (Å²) in [6, 6.07) is 4.75. The zero-order chi connectivity index (χ0) is 14.7. The lowest BCUT2D eigenvalue weighted by atomic mass is 10.1. The van der Waals surface area contributed by atoms with Gasteiger partial charge in [0.15, 0.2) is 23.1 Å². The molecular formula is C14H14F2N2O2. The summed E-state index contributed by atoms with van der Waals surface area (Å²) in [5.74, 6) is -2.08. The fraction of sp³-hybridized carbons (Fsp3) is 0.286. The molecule has 6 heteroatoms. The number of carbonyl (C=O) groups is 1. The Morgan fingerprint density at radius 1 is 1.35 bits per heavy atom. The number of halogens is 2. The Morgan fingerprint density at radius 3 is 2.75 bits per heavy atom. The molecule has 1 aromatic carbocycles. The van der Waals surface area contributed by atoms with Crippen molar-refractivity contribution in [1.29, 1.82) is 0 Å². The topological polar surface area (TPSA) is 55.1 Å². The van der Waals surface area contributed by atoms with Crippen molar-refractivity contribution in [2.75, 3.05) is 0 Å². The molecule has 0 aliphatic carbocycles. The van der Waals surface area contributed by atoms with Crippen LogP contribution in [0.1, 0.15) is 30.8 Å². The molecule has 1 aromatic heterocycles. The third kappa shape index (κ3) is 3.01. The summed E-state index contributed by atoms with van der Waals surface area (Å²) in [7, 11) is 0. The summed E-state index contributed by atoms with van der Waals surface area (Å²) in [5, 5.41) is 6.36. The first-order valence-corrected chi connectivity index (χ1v) is 6.24. The van der Waals surface area contributed by atoms with Crippen molar-refractivity contribution in [3.8, 4) is 11.3 Å². The van der Waals surface area contributed by atoms with Crippen molar-refractivity contribution >= 4 is 5.91 Å². The van der Waals surface area contributed by atoms with Crippen LogP contribution in [0.25, 0.3) is 11.3 Å². The van der Waals surface area contributed by atoms with Crippen LogP contribution in [0.5, 0.6) is 0 Å². The molecule has 20 heavy (non-hydrogen) atoms. The largest absolute Gasteiger partial charge is 0.355 e. The normalized spacial score (nSPS) is 12.2. The highest BCUT2D eigenvalue weighted by molar-refractivity contribution is 5.93. The van der Waals surface area contributed by atoms with Gasteiger partial charge < -0.3 is 9.84 Å². The van der Waals surface area contributed by atoms with Gasteiger partial charge in [-0.05, 0) is 31.5 Å². The molecule has 0 aliphatic heterocycles. The Balaban J connectivity index is 2.20. The van der Waals surface area contributed by atoms with Crippen LogP contribution in [-0.2, 0) is 0 Å². The Hall–Kier alpha value is -2.24. The summed E-state index contributed by atoms with van der Waals surface area (Å²) >= 11 is 0. The van der Waals surface area contributed by atoms with Crippen LogP contribution < -0.4 is 5.32 Å². The van der Waals surface area contributed by atoms with E-state index in [4.69, 9.17) is 4.52 Å².